The molecule has 120 valence electrons. The normalized spacial score (nSPS) is 14.3. The van der Waals surface area contributed by atoms with Gasteiger partial charge in [-0.15, -0.1) is 11.3 Å². The number of alkyl halides is 1. The van der Waals surface area contributed by atoms with Crippen molar-refractivity contribution >= 4 is 33.3 Å². The van der Waals surface area contributed by atoms with Crippen LogP contribution in [0.1, 0.15) is 29.1 Å². The molecule has 3 heterocycles. The number of hydrogen-bond donors (Lipinski definition) is 0. The SMILES string of the molecule is FCCn1ncnc1CSc1ncnc2sc3c(c12)CCCC3. The molecule has 0 amide bonds. The van der Waals surface area contributed by atoms with Crippen LogP contribution < -0.4 is 0 Å². The van der Waals surface area contributed by atoms with Gasteiger partial charge in [-0.25, -0.2) is 24.0 Å². The second-order valence-corrected chi connectivity index (χ2v) is 7.49. The molecule has 0 unspecified atom stereocenters. The maximum absolute atomic E-state index is 12.5. The van der Waals surface area contributed by atoms with Gasteiger partial charge in [0, 0.05) is 10.3 Å². The molecule has 3 aromatic rings. The second-order valence-electron chi connectivity index (χ2n) is 5.45. The van der Waals surface area contributed by atoms with E-state index in [1.54, 1.807) is 34.1 Å². The molecule has 0 N–H and O–H groups in total. The lowest BCUT2D eigenvalue weighted by Crippen LogP contribution is -2.06. The van der Waals surface area contributed by atoms with Crippen molar-refractivity contribution in [3.05, 3.63) is 28.9 Å². The Hall–Kier alpha value is -1.54. The van der Waals surface area contributed by atoms with E-state index in [0.29, 0.717) is 5.75 Å². The number of rotatable bonds is 5. The van der Waals surface area contributed by atoms with Gasteiger partial charge in [0.25, 0.3) is 0 Å². The number of thioether (sulfide) groups is 1. The van der Waals surface area contributed by atoms with E-state index in [1.807, 2.05) is 0 Å². The van der Waals surface area contributed by atoms with Gasteiger partial charge in [-0.1, -0.05) is 11.8 Å². The van der Waals surface area contributed by atoms with E-state index in [2.05, 4.69) is 20.1 Å². The number of fused-ring (bicyclic) bond motifs is 3. The number of halogens is 1. The van der Waals surface area contributed by atoms with E-state index in [4.69, 9.17) is 0 Å². The van der Waals surface area contributed by atoms with Gasteiger partial charge >= 0.3 is 0 Å². The summed E-state index contributed by atoms with van der Waals surface area (Å²) in [5, 5.41) is 6.28. The Balaban J connectivity index is 1.64. The van der Waals surface area contributed by atoms with Crippen LogP contribution in [-0.4, -0.2) is 31.4 Å². The first kappa shape index (κ1) is 15.0. The van der Waals surface area contributed by atoms with Crippen molar-refractivity contribution in [1.29, 1.82) is 0 Å². The molecule has 5 nitrogen and oxygen atoms in total. The topological polar surface area (TPSA) is 56.5 Å². The summed E-state index contributed by atoms with van der Waals surface area (Å²) in [4.78, 5) is 15.7. The number of thiophene rings is 1. The van der Waals surface area contributed by atoms with Crippen molar-refractivity contribution in [3.63, 3.8) is 0 Å². The zero-order chi connectivity index (χ0) is 15.6. The van der Waals surface area contributed by atoms with Crippen LogP contribution in [0.2, 0.25) is 0 Å². The van der Waals surface area contributed by atoms with Gasteiger partial charge in [0.05, 0.1) is 12.3 Å². The van der Waals surface area contributed by atoms with E-state index in [1.165, 1.54) is 35.0 Å². The maximum atomic E-state index is 12.5. The molecular weight excluding hydrogens is 333 g/mol. The molecule has 4 rings (SSSR count). The summed E-state index contributed by atoms with van der Waals surface area (Å²) in [6.07, 6.45) is 7.90. The summed E-state index contributed by atoms with van der Waals surface area (Å²) >= 11 is 3.44. The molecule has 0 fully saturated rings. The minimum Gasteiger partial charge on any atom is -0.249 e. The molecule has 3 aromatic heterocycles. The molecule has 0 saturated heterocycles. The molecule has 0 spiro atoms. The largest absolute Gasteiger partial charge is 0.249 e. The highest BCUT2D eigenvalue weighted by Gasteiger charge is 2.20. The predicted octanol–water partition coefficient (Wildman–Crippen LogP) is 3.42. The minimum absolute atomic E-state index is 0.253. The zero-order valence-electron chi connectivity index (χ0n) is 12.5. The molecule has 0 saturated carbocycles. The Morgan fingerprint density at radius 1 is 1.17 bits per heavy atom. The zero-order valence-corrected chi connectivity index (χ0v) is 14.2. The molecular formula is C15H16FN5S2. The summed E-state index contributed by atoms with van der Waals surface area (Å²) in [5.74, 6) is 1.42. The molecule has 0 atom stereocenters. The number of aromatic nitrogens is 5. The van der Waals surface area contributed by atoms with Crippen molar-refractivity contribution in [2.45, 2.75) is 43.0 Å². The number of nitrogens with zero attached hydrogens (tertiary/aromatic N) is 5. The van der Waals surface area contributed by atoms with E-state index in [-0.39, 0.29) is 6.54 Å². The molecule has 23 heavy (non-hydrogen) atoms. The molecule has 0 aliphatic heterocycles. The van der Waals surface area contributed by atoms with Crippen molar-refractivity contribution in [1.82, 2.24) is 24.7 Å². The van der Waals surface area contributed by atoms with Crippen LogP contribution in [0.3, 0.4) is 0 Å². The summed E-state index contributed by atoms with van der Waals surface area (Å²) in [6, 6.07) is 0. The predicted molar refractivity (Wildman–Crippen MR) is 89.6 cm³/mol. The van der Waals surface area contributed by atoms with E-state index in [0.717, 1.165) is 28.5 Å². The van der Waals surface area contributed by atoms with Gasteiger partial charge in [-0.2, -0.15) is 5.10 Å². The van der Waals surface area contributed by atoms with Gasteiger partial charge in [-0.3, -0.25) is 0 Å². The molecule has 8 heteroatoms. The lowest BCUT2D eigenvalue weighted by Gasteiger charge is -2.11. The lowest BCUT2D eigenvalue weighted by atomic mass is 9.97. The van der Waals surface area contributed by atoms with Crippen LogP contribution in [0.5, 0.6) is 0 Å². The first-order chi connectivity index (χ1) is 11.4. The van der Waals surface area contributed by atoms with Crippen molar-refractivity contribution in [2.24, 2.45) is 0 Å². The summed E-state index contributed by atoms with van der Waals surface area (Å²) in [5.41, 5.74) is 1.43. The Morgan fingerprint density at radius 3 is 3.00 bits per heavy atom. The fourth-order valence-corrected chi connectivity index (χ4v) is 5.24. The average molecular weight is 349 g/mol. The van der Waals surface area contributed by atoms with Gasteiger partial charge in [0.15, 0.2) is 0 Å². The summed E-state index contributed by atoms with van der Waals surface area (Å²) in [6.45, 7) is -0.181. The van der Waals surface area contributed by atoms with Crippen LogP contribution in [0.25, 0.3) is 10.2 Å². The van der Waals surface area contributed by atoms with Crippen LogP contribution in [0.4, 0.5) is 4.39 Å². The van der Waals surface area contributed by atoms with E-state index >= 15 is 0 Å². The van der Waals surface area contributed by atoms with Gasteiger partial charge in [0.1, 0.15) is 35.0 Å². The first-order valence-corrected chi connectivity index (χ1v) is 9.47. The Kier molecular flexibility index (Phi) is 4.26. The van der Waals surface area contributed by atoms with Crippen molar-refractivity contribution in [3.8, 4) is 0 Å². The fraction of sp³-hybridized carbons (Fsp3) is 0.467. The third-order valence-electron chi connectivity index (χ3n) is 4.05. The third kappa shape index (κ3) is 2.85. The second kappa shape index (κ2) is 6.52. The minimum atomic E-state index is -0.434. The molecule has 1 aliphatic rings. The third-order valence-corrected chi connectivity index (χ3v) is 6.23. The monoisotopic (exact) mass is 349 g/mol. The van der Waals surface area contributed by atoms with Crippen molar-refractivity contribution in [2.75, 3.05) is 6.67 Å². The van der Waals surface area contributed by atoms with Crippen molar-refractivity contribution < 1.29 is 4.39 Å². The standard InChI is InChI=1S/C15H16FN5S2/c16-5-6-21-12(17-9-20-21)7-22-14-13-10-3-1-2-4-11(10)23-15(13)19-8-18-14/h8-9H,1-7H2. The van der Waals surface area contributed by atoms with Gasteiger partial charge in [0.2, 0.25) is 0 Å². The van der Waals surface area contributed by atoms with E-state index in [9.17, 15) is 4.39 Å². The maximum Gasteiger partial charge on any atom is 0.138 e. The molecule has 0 radical (unpaired) electrons. The number of aryl methyl sites for hydroxylation is 3. The molecule has 1 aliphatic carbocycles. The molecule has 0 aromatic carbocycles. The summed E-state index contributed by atoms with van der Waals surface area (Å²) in [7, 11) is 0. The van der Waals surface area contributed by atoms with Crippen LogP contribution in [-0.2, 0) is 25.1 Å². The van der Waals surface area contributed by atoms with Gasteiger partial charge < -0.3 is 0 Å². The van der Waals surface area contributed by atoms with Gasteiger partial charge in [-0.05, 0) is 31.2 Å². The average Bonchev–Trinajstić information content (AvgIpc) is 3.17. The van der Waals surface area contributed by atoms with Crippen LogP contribution in [0.15, 0.2) is 17.7 Å². The quantitative estimate of drug-likeness (QED) is 0.522. The first-order valence-electron chi connectivity index (χ1n) is 7.67. The Labute approximate surface area is 141 Å². The van der Waals surface area contributed by atoms with E-state index < -0.39 is 6.67 Å². The molecule has 0 bridgehead atoms. The highest BCUT2D eigenvalue weighted by molar-refractivity contribution is 7.98. The smallest absolute Gasteiger partial charge is 0.138 e. The fourth-order valence-electron chi connectivity index (χ4n) is 2.97. The van der Waals surface area contributed by atoms with Crippen LogP contribution >= 0.6 is 23.1 Å². The Morgan fingerprint density at radius 2 is 2.09 bits per heavy atom. The van der Waals surface area contributed by atoms with Crippen LogP contribution in [0, 0.1) is 0 Å². The highest BCUT2D eigenvalue weighted by Crippen LogP contribution is 2.39. The summed E-state index contributed by atoms with van der Waals surface area (Å²) < 4.78 is 14.2. The lowest BCUT2D eigenvalue weighted by molar-refractivity contribution is 0.421. The highest BCUT2D eigenvalue weighted by atomic mass is 32.2. The number of hydrogen-bond acceptors (Lipinski definition) is 6. The Bertz CT molecular complexity index is 828.